The molecule has 2 saturated carbocycles. The quantitative estimate of drug-likeness (QED) is 0.582. The van der Waals surface area contributed by atoms with Crippen molar-refractivity contribution in [3.8, 4) is 0 Å². The highest BCUT2D eigenvalue weighted by Gasteiger charge is 2.53. The van der Waals surface area contributed by atoms with Crippen LogP contribution in [0.25, 0.3) is 0 Å². The predicted molar refractivity (Wildman–Crippen MR) is 48.7 cm³/mol. The Balaban J connectivity index is 2.30. The van der Waals surface area contributed by atoms with Crippen LogP contribution >= 0.6 is 17.7 Å². The molecule has 1 nitrogen and oxygen atoms in total. The summed E-state index contributed by atoms with van der Waals surface area (Å²) in [4.78, 5) is 0. The van der Waals surface area contributed by atoms with Crippen LogP contribution in [0, 0.1) is 5.92 Å². The molecule has 2 aliphatic rings. The Morgan fingerprint density at radius 2 is 2.00 bits per heavy atom. The van der Waals surface area contributed by atoms with E-state index in [0.717, 1.165) is 25.2 Å². The molecule has 0 saturated heterocycles. The zero-order valence-electron chi connectivity index (χ0n) is 6.85. The van der Waals surface area contributed by atoms with Crippen molar-refractivity contribution in [2.75, 3.05) is 6.66 Å². The normalized spacial score (nSPS) is 47.6. The van der Waals surface area contributed by atoms with E-state index in [9.17, 15) is 4.57 Å². The molecule has 2 rings (SSSR count). The summed E-state index contributed by atoms with van der Waals surface area (Å²) in [6.45, 7) is -0.578. The highest BCUT2D eigenvalue weighted by Crippen LogP contribution is 2.71. The van der Waals surface area contributed by atoms with E-state index in [1.54, 1.807) is 6.66 Å². The number of hydrogen-bond acceptors (Lipinski definition) is 1. The van der Waals surface area contributed by atoms with Crippen molar-refractivity contribution in [2.45, 2.75) is 37.3 Å². The van der Waals surface area contributed by atoms with Crippen LogP contribution in [0.3, 0.4) is 0 Å². The van der Waals surface area contributed by atoms with Gasteiger partial charge in [-0.15, -0.1) is 0 Å². The molecule has 2 aliphatic carbocycles. The molecular weight excluding hydrogens is 179 g/mol. The van der Waals surface area contributed by atoms with Gasteiger partial charge in [0.25, 0.3) is 0 Å². The summed E-state index contributed by atoms with van der Waals surface area (Å²) in [5.41, 5.74) is 0. The molecule has 0 aliphatic heterocycles. The molecule has 0 heterocycles. The third kappa shape index (κ3) is 1.09. The first-order valence-electron chi connectivity index (χ1n) is 4.31. The highest BCUT2D eigenvalue weighted by atomic mass is 35.7. The Morgan fingerprint density at radius 1 is 1.45 bits per heavy atom. The van der Waals surface area contributed by atoms with E-state index < -0.39 is 6.49 Å². The van der Waals surface area contributed by atoms with E-state index in [1.807, 2.05) is 0 Å². The van der Waals surface area contributed by atoms with Gasteiger partial charge in [0.1, 0.15) is 0 Å². The van der Waals surface area contributed by atoms with Gasteiger partial charge in [-0.2, -0.15) is 0 Å². The van der Waals surface area contributed by atoms with Gasteiger partial charge in [0, 0.05) is 11.8 Å². The summed E-state index contributed by atoms with van der Waals surface area (Å²) >= 11 is 5.98. The van der Waals surface area contributed by atoms with Crippen LogP contribution in [0.15, 0.2) is 0 Å². The second-order valence-corrected chi connectivity index (χ2v) is 8.72. The van der Waals surface area contributed by atoms with Crippen LogP contribution in [0.1, 0.15) is 32.1 Å². The molecule has 0 aromatic carbocycles. The monoisotopic (exact) mass is 192 g/mol. The van der Waals surface area contributed by atoms with Crippen molar-refractivity contribution in [3.63, 3.8) is 0 Å². The summed E-state index contributed by atoms with van der Waals surface area (Å²) in [7, 11) is 0. The van der Waals surface area contributed by atoms with Crippen molar-refractivity contribution in [1.29, 1.82) is 0 Å². The first-order chi connectivity index (χ1) is 5.04. The molecule has 0 spiro atoms. The van der Waals surface area contributed by atoms with Crippen LogP contribution < -0.4 is 0 Å². The van der Waals surface area contributed by atoms with Gasteiger partial charge in [-0.05, 0) is 38.0 Å². The highest BCUT2D eigenvalue weighted by molar-refractivity contribution is 7.89. The van der Waals surface area contributed by atoms with Gasteiger partial charge in [0.05, 0.1) is 0 Å². The number of fused-ring (bicyclic) bond motifs is 2. The predicted octanol–water partition coefficient (Wildman–Crippen LogP) is 3.47. The van der Waals surface area contributed by atoms with Gasteiger partial charge < -0.3 is 4.57 Å². The van der Waals surface area contributed by atoms with Crippen molar-refractivity contribution in [2.24, 2.45) is 5.92 Å². The molecule has 2 fully saturated rings. The lowest BCUT2D eigenvalue weighted by Crippen LogP contribution is -2.19. The van der Waals surface area contributed by atoms with Crippen molar-refractivity contribution in [3.05, 3.63) is 0 Å². The average Bonchev–Trinajstić information content (AvgIpc) is 2.42. The number of halogens is 1. The van der Waals surface area contributed by atoms with E-state index >= 15 is 0 Å². The molecule has 1 atom stereocenters. The second kappa shape index (κ2) is 2.26. The minimum Gasteiger partial charge on any atom is -0.306 e. The maximum absolute atomic E-state index is 11.8. The van der Waals surface area contributed by atoms with E-state index in [2.05, 4.69) is 0 Å². The van der Waals surface area contributed by atoms with Crippen LogP contribution in [0.4, 0.5) is 0 Å². The lowest BCUT2D eigenvalue weighted by atomic mass is 10.0. The van der Waals surface area contributed by atoms with Crippen LogP contribution in [-0.2, 0) is 4.57 Å². The smallest absolute Gasteiger partial charge is 0.172 e. The minimum atomic E-state index is -2.33. The molecule has 11 heavy (non-hydrogen) atoms. The van der Waals surface area contributed by atoms with Gasteiger partial charge in [-0.3, -0.25) is 0 Å². The lowest BCUT2D eigenvalue weighted by molar-refractivity contribution is 0.481. The minimum absolute atomic E-state index is 0.0687. The van der Waals surface area contributed by atoms with Gasteiger partial charge in [-0.1, -0.05) is 11.2 Å². The van der Waals surface area contributed by atoms with E-state index in [0.29, 0.717) is 0 Å². The van der Waals surface area contributed by atoms with Crippen molar-refractivity contribution >= 4 is 17.7 Å². The maximum atomic E-state index is 11.8. The van der Waals surface area contributed by atoms with E-state index in [4.69, 9.17) is 11.2 Å². The fourth-order valence-corrected chi connectivity index (χ4v) is 5.08. The average molecular weight is 193 g/mol. The molecule has 64 valence electrons. The molecular formula is C8H14ClOP. The molecule has 2 bridgehead atoms. The van der Waals surface area contributed by atoms with Crippen molar-refractivity contribution in [1.82, 2.24) is 0 Å². The summed E-state index contributed by atoms with van der Waals surface area (Å²) in [6, 6.07) is 0. The van der Waals surface area contributed by atoms with Crippen LogP contribution in [-0.4, -0.2) is 11.8 Å². The molecule has 0 N–H and O–H groups in total. The first kappa shape index (κ1) is 8.13. The molecule has 1 unspecified atom stereocenters. The summed E-state index contributed by atoms with van der Waals surface area (Å²) in [5.74, 6) is 0.849. The Hall–Kier alpha value is 0.520. The standard InChI is InChI=1S/C8H14ClOP/c1-11(9,10)8-4-2-7(6-8)3-5-8/h7H,2-6H2,1H3. The number of rotatable bonds is 1. The maximum Gasteiger partial charge on any atom is 0.172 e. The van der Waals surface area contributed by atoms with Crippen LogP contribution in [0.5, 0.6) is 0 Å². The van der Waals surface area contributed by atoms with Gasteiger partial charge >= 0.3 is 0 Å². The third-order valence-corrected chi connectivity index (χ3v) is 6.95. The van der Waals surface area contributed by atoms with Crippen molar-refractivity contribution < 1.29 is 4.57 Å². The largest absolute Gasteiger partial charge is 0.306 e. The van der Waals surface area contributed by atoms with Crippen LogP contribution in [0.2, 0.25) is 0 Å². The van der Waals surface area contributed by atoms with Gasteiger partial charge in [-0.25, -0.2) is 0 Å². The fraction of sp³-hybridized carbons (Fsp3) is 1.00. The molecule has 0 radical (unpaired) electrons. The first-order valence-corrected chi connectivity index (χ1v) is 7.37. The summed E-state index contributed by atoms with van der Waals surface area (Å²) in [6.07, 6.45) is 5.92. The fourth-order valence-electron chi connectivity index (χ4n) is 2.72. The van der Waals surface area contributed by atoms with E-state index in [-0.39, 0.29) is 5.16 Å². The topological polar surface area (TPSA) is 17.1 Å². The molecule has 3 heteroatoms. The SMILES string of the molecule is CP(=O)(Cl)C12CCC(CC1)C2. The number of hydrogen-bond donors (Lipinski definition) is 0. The van der Waals surface area contributed by atoms with Gasteiger partial charge in [0.2, 0.25) is 0 Å². The molecule has 0 aromatic rings. The molecule has 0 amide bonds. The summed E-state index contributed by atoms with van der Waals surface area (Å²) in [5, 5.41) is 0.0687. The Labute approximate surface area is 72.7 Å². The molecule has 0 aromatic heterocycles. The zero-order chi connectivity index (χ0) is 8.11. The Bertz CT molecular complexity index is 212. The third-order valence-electron chi connectivity index (χ3n) is 3.55. The zero-order valence-corrected chi connectivity index (χ0v) is 8.50. The Kier molecular flexibility index (Phi) is 1.67. The summed E-state index contributed by atoms with van der Waals surface area (Å²) < 4.78 is 11.8. The second-order valence-electron chi connectivity index (χ2n) is 4.19. The lowest BCUT2D eigenvalue weighted by Gasteiger charge is -2.28. The Morgan fingerprint density at radius 3 is 2.18 bits per heavy atom. The van der Waals surface area contributed by atoms with E-state index in [1.165, 1.54) is 12.8 Å². The van der Waals surface area contributed by atoms with Gasteiger partial charge in [0.15, 0.2) is 6.49 Å².